The van der Waals surface area contributed by atoms with Gasteiger partial charge in [0.25, 0.3) is 0 Å². The molecular formula is C10H14O2S2. The number of thioether (sulfide) groups is 1. The van der Waals surface area contributed by atoms with E-state index in [1.807, 2.05) is 6.92 Å². The zero-order valence-electron chi connectivity index (χ0n) is 8.36. The van der Waals surface area contributed by atoms with Crippen LogP contribution in [0.3, 0.4) is 0 Å². The molecule has 1 aromatic rings. The molecule has 0 bridgehead atoms. The number of rotatable bonds is 5. The molecule has 4 heteroatoms. The number of methoxy groups -OCH3 is 1. The average molecular weight is 230 g/mol. The van der Waals surface area contributed by atoms with Crippen LogP contribution in [0.1, 0.15) is 18.9 Å². The molecule has 1 heterocycles. The van der Waals surface area contributed by atoms with Gasteiger partial charge in [-0.05, 0) is 22.4 Å². The van der Waals surface area contributed by atoms with Crippen LogP contribution in [0.15, 0.2) is 16.8 Å². The van der Waals surface area contributed by atoms with Crippen LogP contribution < -0.4 is 0 Å². The van der Waals surface area contributed by atoms with Crippen LogP contribution in [0.4, 0.5) is 0 Å². The third-order valence-electron chi connectivity index (χ3n) is 1.80. The second kappa shape index (κ2) is 6.09. The molecule has 1 aromatic heterocycles. The predicted molar refractivity (Wildman–Crippen MR) is 61.7 cm³/mol. The van der Waals surface area contributed by atoms with Gasteiger partial charge in [-0.2, -0.15) is 23.1 Å². The van der Waals surface area contributed by atoms with E-state index in [0.717, 1.165) is 5.75 Å². The molecule has 1 unspecified atom stereocenters. The first kappa shape index (κ1) is 11.6. The molecule has 0 radical (unpaired) electrons. The maximum Gasteiger partial charge on any atom is 0.306 e. The van der Waals surface area contributed by atoms with E-state index in [0.29, 0.717) is 11.7 Å². The molecule has 0 fully saturated rings. The molecule has 78 valence electrons. The highest BCUT2D eigenvalue weighted by Gasteiger charge is 2.09. The molecule has 0 aliphatic carbocycles. The molecule has 0 aliphatic rings. The van der Waals surface area contributed by atoms with Crippen molar-refractivity contribution in [2.45, 2.75) is 24.3 Å². The van der Waals surface area contributed by atoms with Crippen LogP contribution in [0, 0.1) is 0 Å². The van der Waals surface area contributed by atoms with Gasteiger partial charge >= 0.3 is 5.97 Å². The third-order valence-corrected chi connectivity index (χ3v) is 3.76. The van der Waals surface area contributed by atoms with Crippen molar-refractivity contribution in [1.82, 2.24) is 0 Å². The Balaban J connectivity index is 2.21. The standard InChI is InChI=1S/C10H14O2S2/c1-8(5-10(11)12-2)14-7-9-3-4-13-6-9/h3-4,6,8H,5,7H2,1-2H3. The van der Waals surface area contributed by atoms with Gasteiger partial charge in [0.1, 0.15) is 0 Å². The molecule has 0 aromatic carbocycles. The van der Waals surface area contributed by atoms with Gasteiger partial charge in [-0.3, -0.25) is 4.79 Å². The van der Waals surface area contributed by atoms with E-state index in [9.17, 15) is 4.79 Å². The van der Waals surface area contributed by atoms with Crippen LogP contribution in [0.25, 0.3) is 0 Å². The van der Waals surface area contributed by atoms with Gasteiger partial charge in [-0.15, -0.1) is 0 Å². The third kappa shape index (κ3) is 4.15. The van der Waals surface area contributed by atoms with Crippen molar-refractivity contribution in [1.29, 1.82) is 0 Å². The summed E-state index contributed by atoms with van der Waals surface area (Å²) < 4.78 is 4.61. The number of carbonyl (C=O) groups is 1. The molecule has 1 rings (SSSR count). The Morgan fingerprint density at radius 3 is 3.07 bits per heavy atom. The van der Waals surface area contributed by atoms with Gasteiger partial charge < -0.3 is 4.74 Å². The lowest BCUT2D eigenvalue weighted by molar-refractivity contribution is -0.140. The summed E-state index contributed by atoms with van der Waals surface area (Å²) in [4.78, 5) is 11.0. The second-order valence-electron chi connectivity index (χ2n) is 3.03. The van der Waals surface area contributed by atoms with E-state index < -0.39 is 0 Å². The number of hydrogen-bond donors (Lipinski definition) is 0. The first-order valence-electron chi connectivity index (χ1n) is 4.42. The summed E-state index contributed by atoms with van der Waals surface area (Å²) in [6.45, 7) is 2.05. The Bertz CT molecular complexity index is 270. The summed E-state index contributed by atoms with van der Waals surface area (Å²) >= 11 is 3.49. The van der Waals surface area contributed by atoms with E-state index in [2.05, 4.69) is 21.6 Å². The Labute approximate surface area is 92.7 Å². The fourth-order valence-electron chi connectivity index (χ4n) is 0.990. The van der Waals surface area contributed by atoms with E-state index in [-0.39, 0.29) is 5.97 Å². The first-order chi connectivity index (χ1) is 6.72. The van der Waals surface area contributed by atoms with E-state index in [1.54, 1.807) is 23.1 Å². The van der Waals surface area contributed by atoms with Gasteiger partial charge in [-0.25, -0.2) is 0 Å². The number of thiophene rings is 1. The molecule has 0 aliphatic heterocycles. The predicted octanol–water partition coefficient (Wildman–Crippen LogP) is 2.93. The minimum atomic E-state index is -0.129. The molecule has 2 nitrogen and oxygen atoms in total. The second-order valence-corrected chi connectivity index (χ2v) is 5.24. The first-order valence-corrected chi connectivity index (χ1v) is 6.41. The van der Waals surface area contributed by atoms with E-state index in [1.165, 1.54) is 12.7 Å². The van der Waals surface area contributed by atoms with Crippen LogP contribution in [-0.4, -0.2) is 18.3 Å². The summed E-state index contributed by atoms with van der Waals surface area (Å²) in [5, 5.41) is 4.53. The summed E-state index contributed by atoms with van der Waals surface area (Å²) in [5.74, 6) is 0.845. The van der Waals surface area contributed by atoms with Crippen molar-refractivity contribution in [2.24, 2.45) is 0 Å². The zero-order valence-corrected chi connectivity index (χ0v) is 9.99. The lowest BCUT2D eigenvalue weighted by Gasteiger charge is -2.08. The van der Waals surface area contributed by atoms with Crippen molar-refractivity contribution in [3.8, 4) is 0 Å². The molecule has 0 amide bonds. The normalized spacial score (nSPS) is 12.4. The SMILES string of the molecule is COC(=O)CC(C)SCc1ccsc1. The largest absolute Gasteiger partial charge is 0.469 e. The summed E-state index contributed by atoms with van der Waals surface area (Å²) in [6, 6.07) is 2.11. The monoisotopic (exact) mass is 230 g/mol. The van der Waals surface area contributed by atoms with Crippen LogP contribution >= 0.6 is 23.1 Å². The van der Waals surface area contributed by atoms with Crippen LogP contribution in [0.2, 0.25) is 0 Å². The van der Waals surface area contributed by atoms with Gasteiger partial charge in [0, 0.05) is 11.0 Å². The molecule has 0 N–H and O–H groups in total. The van der Waals surface area contributed by atoms with Crippen molar-refractivity contribution in [2.75, 3.05) is 7.11 Å². The number of carbonyl (C=O) groups excluding carboxylic acids is 1. The lowest BCUT2D eigenvalue weighted by Crippen LogP contribution is -2.08. The smallest absolute Gasteiger partial charge is 0.306 e. The number of esters is 1. The number of ether oxygens (including phenoxy) is 1. The summed E-state index contributed by atoms with van der Waals surface area (Å²) in [5.41, 5.74) is 1.33. The van der Waals surface area contributed by atoms with Crippen molar-refractivity contribution >= 4 is 29.1 Å². The molecule has 0 saturated carbocycles. The van der Waals surface area contributed by atoms with Gasteiger partial charge in [0.15, 0.2) is 0 Å². The minimum Gasteiger partial charge on any atom is -0.469 e. The van der Waals surface area contributed by atoms with Gasteiger partial charge in [0.2, 0.25) is 0 Å². The Morgan fingerprint density at radius 2 is 2.50 bits per heavy atom. The Hall–Kier alpha value is -0.480. The lowest BCUT2D eigenvalue weighted by atomic mass is 10.3. The molecule has 0 spiro atoms. The Kier molecular flexibility index (Phi) is 5.04. The van der Waals surface area contributed by atoms with E-state index >= 15 is 0 Å². The van der Waals surface area contributed by atoms with Crippen molar-refractivity contribution < 1.29 is 9.53 Å². The number of hydrogen-bond acceptors (Lipinski definition) is 4. The molecule has 1 atom stereocenters. The van der Waals surface area contributed by atoms with Gasteiger partial charge in [-0.1, -0.05) is 6.92 Å². The van der Waals surface area contributed by atoms with Crippen molar-refractivity contribution in [3.05, 3.63) is 22.4 Å². The molecular weight excluding hydrogens is 216 g/mol. The topological polar surface area (TPSA) is 26.3 Å². The maximum atomic E-state index is 11.0. The van der Waals surface area contributed by atoms with E-state index in [4.69, 9.17) is 0 Å². The quantitative estimate of drug-likeness (QED) is 0.727. The highest BCUT2D eigenvalue weighted by Crippen LogP contribution is 2.21. The molecule has 14 heavy (non-hydrogen) atoms. The average Bonchev–Trinajstić information content (AvgIpc) is 2.67. The zero-order chi connectivity index (χ0) is 10.4. The molecule has 0 saturated heterocycles. The minimum absolute atomic E-state index is 0.129. The van der Waals surface area contributed by atoms with Crippen LogP contribution in [0.5, 0.6) is 0 Å². The summed E-state index contributed by atoms with van der Waals surface area (Å²) in [7, 11) is 1.43. The summed E-state index contributed by atoms with van der Waals surface area (Å²) in [6.07, 6.45) is 0.491. The Morgan fingerprint density at radius 1 is 1.71 bits per heavy atom. The van der Waals surface area contributed by atoms with Crippen LogP contribution in [-0.2, 0) is 15.3 Å². The highest BCUT2D eigenvalue weighted by atomic mass is 32.2. The fourth-order valence-corrected chi connectivity index (χ4v) is 2.67. The fraction of sp³-hybridized carbons (Fsp3) is 0.500. The van der Waals surface area contributed by atoms with Gasteiger partial charge in [0.05, 0.1) is 13.5 Å². The maximum absolute atomic E-state index is 11.0. The van der Waals surface area contributed by atoms with Crippen molar-refractivity contribution in [3.63, 3.8) is 0 Å². The highest BCUT2D eigenvalue weighted by molar-refractivity contribution is 7.99.